The van der Waals surface area contributed by atoms with Gasteiger partial charge in [0, 0.05) is 34.5 Å². The second kappa shape index (κ2) is 3.87. The maximum Gasteiger partial charge on any atom is 0.116 e. The number of halogens is 1. The van der Waals surface area contributed by atoms with Crippen LogP contribution in [0.5, 0.6) is 5.75 Å². The highest BCUT2D eigenvalue weighted by Crippen LogP contribution is 2.32. The van der Waals surface area contributed by atoms with Crippen LogP contribution in [0.25, 0.3) is 10.9 Å². The van der Waals surface area contributed by atoms with Gasteiger partial charge in [0.25, 0.3) is 0 Å². The first-order valence-corrected chi connectivity index (χ1v) is 5.60. The lowest BCUT2D eigenvalue weighted by Crippen LogP contribution is -2.06. The number of hydrogen-bond acceptors (Lipinski definition) is 2. The van der Waals surface area contributed by atoms with E-state index in [2.05, 4.69) is 20.5 Å². The predicted molar refractivity (Wildman–Crippen MR) is 65.0 cm³/mol. The van der Waals surface area contributed by atoms with Crippen molar-refractivity contribution in [2.24, 2.45) is 12.8 Å². The number of nitrogens with zero attached hydrogens (tertiary/aromatic N) is 1. The molecule has 0 unspecified atom stereocenters. The van der Waals surface area contributed by atoms with Gasteiger partial charge in [0.2, 0.25) is 0 Å². The fourth-order valence-electron chi connectivity index (χ4n) is 1.85. The summed E-state index contributed by atoms with van der Waals surface area (Å²) in [6.45, 7) is 0.620. The van der Waals surface area contributed by atoms with Crippen molar-refractivity contribution in [3.8, 4) is 5.75 Å². The van der Waals surface area contributed by atoms with Gasteiger partial charge in [-0.15, -0.1) is 0 Å². The van der Waals surface area contributed by atoms with E-state index in [0.717, 1.165) is 27.5 Å². The van der Waals surface area contributed by atoms with E-state index >= 15 is 0 Å². The van der Waals surface area contributed by atoms with E-state index in [1.807, 2.05) is 13.1 Å². The third-order valence-corrected chi connectivity index (χ3v) is 3.50. The number of aryl methyl sites for hydroxylation is 1. The van der Waals surface area contributed by atoms with Gasteiger partial charge in [0.05, 0.1) is 0 Å². The summed E-state index contributed by atoms with van der Waals surface area (Å²) in [5.74, 6) is 0.285. The molecular formula is C11H13BrN2O. The standard InChI is InChI=1S/C11H13BrN2O/c1-14-9-3-2-7(15)6-8(9)11(12)10(14)4-5-13/h2-3,6,15H,4-5,13H2,1H3. The second-order valence-electron chi connectivity index (χ2n) is 3.56. The maximum absolute atomic E-state index is 9.43. The zero-order valence-corrected chi connectivity index (χ0v) is 10.1. The van der Waals surface area contributed by atoms with E-state index < -0.39 is 0 Å². The fraction of sp³-hybridized carbons (Fsp3) is 0.273. The monoisotopic (exact) mass is 268 g/mol. The van der Waals surface area contributed by atoms with E-state index in [1.54, 1.807) is 12.1 Å². The van der Waals surface area contributed by atoms with Gasteiger partial charge in [-0.1, -0.05) is 0 Å². The Bertz CT molecular complexity index is 505. The third-order valence-electron chi connectivity index (χ3n) is 2.62. The minimum Gasteiger partial charge on any atom is -0.508 e. The molecule has 0 saturated carbocycles. The van der Waals surface area contributed by atoms with Crippen molar-refractivity contribution in [2.75, 3.05) is 6.54 Å². The molecule has 0 amide bonds. The smallest absolute Gasteiger partial charge is 0.116 e. The van der Waals surface area contributed by atoms with Crippen molar-refractivity contribution in [2.45, 2.75) is 6.42 Å². The van der Waals surface area contributed by atoms with Gasteiger partial charge in [-0.05, 0) is 40.7 Å². The molecule has 0 aliphatic heterocycles. The molecule has 1 heterocycles. The number of aromatic nitrogens is 1. The van der Waals surface area contributed by atoms with Gasteiger partial charge >= 0.3 is 0 Å². The van der Waals surface area contributed by atoms with Gasteiger partial charge in [-0.2, -0.15) is 0 Å². The van der Waals surface area contributed by atoms with E-state index in [-0.39, 0.29) is 5.75 Å². The molecule has 0 spiro atoms. The van der Waals surface area contributed by atoms with E-state index in [9.17, 15) is 5.11 Å². The van der Waals surface area contributed by atoms with Crippen molar-refractivity contribution in [3.63, 3.8) is 0 Å². The van der Waals surface area contributed by atoms with Crippen molar-refractivity contribution in [1.82, 2.24) is 4.57 Å². The summed E-state index contributed by atoms with van der Waals surface area (Å²) >= 11 is 3.55. The Balaban J connectivity index is 2.73. The van der Waals surface area contributed by atoms with Gasteiger partial charge in [0.1, 0.15) is 5.75 Å². The van der Waals surface area contributed by atoms with Crippen LogP contribution < -0.4 is 5.73 Å². The largest absolute Gasteiger partial charge is 0.508 e. The van der Waals surface area contributed by atoms with Gasteiger partial charge in [-0.3, -0.25) is 0 Å². The lowest BCUT2D eigenvalue weighted by Gasteiger charge is -2.02. The first-order valence-electron chi connectivity index (χ1n) is 4.81. The molecule has 3 N–H and O–H groups in total. The molecule has 2 rings (SSSR count). The molecule has 1 aromatic heterocycles. The van der Waals surface area contributed by atoms with Crippen LogP contribution in [0.2, 0.25) is 0 Å². The summed E-state index contributed by atoms with van der Waals surface area (Å²) in [4.78, 5) is 0. The average molecular weight is 269 g/mol. The molecular weight excluding hydrogens is 256 g/mol. The Labute approximate surface area is 96.6 Å². The zero-order chi connectivity index (χ0) is 11.0. The molecule has 4 heteroatoms. The average Bonchev–Trinajstić information content (AvgIpc) is 2.44. The number of nitrogens with two attached hydrogens (primary N) is 1. The van der Waals surface area contributed by atoms with Crippen LogP contribution in [0.4, 0.5) is 0 Å². The van der Waals surface area contributed by atoms with Crippen LogP contribution in [0.3, 0.4) is 0 Å². The lowest BCUT2D eigenvalue weighted by atomic mass is 10.2. The first-order chi connectivity index (χ1) is 7.15. The molecule has 3 nitrogen and oxygen atoms in total. The number of phenolic OH excluding ortho intramolecular Hbond substituents is 1. The Morgan fingerprint density at radius 3 is 2.87 bits per heavy atom. The van der Waals surface area contributed by atoms with Crippen molar-refractivity contribution in [3.05, 3.63) is 28.4 Å². The van der Waals surface area contributed by atoms with Crippen LogP contribution in [0.15, 0.2) is 22.7 Å². The predicted octanol–water partition coefficient (Wildman–Crippen LogP) is 2.15. The number of fused-ring (bicyclic) bond motifs is 1. The SMILES string of the molecule is Cn1c(CCN)c(Br)c2cc(O)ccc21. The van der Waals surface area contributed by atoms with Crippen LogP contribution in [-0.4, -0.2) is 16.2 Å². The number of phenols is 1. The molecule has 0 aliphatic carbocycles. The Morgan fingerprint density at radius 1 is 1.47 bits per heavy atom. The van der Waals surface area contributed by atoms with Crippen LogP contribution >= 0.6 is 15.9 Å². The second-order valence-corrected chi connectivity index (χ2v) is 4.35. The summed E-state index contributed by atoms with van der Waals surface area (Å²) in [6, 6.07) is 5.37. The van der Waals surface area contributed by atoms with Gasteiger partial charge < -0.3 is 15.4 Å². The summed E-state index contributed by atoms with van der Waals surface area (Å²) in [7, 11) is 2.01. The van der Waals surface area contributed by atoms with Crippen molar-refractivity contribution < 1.29 is 5.11 Å². The molecule has 15 heavy (non-hydrogen) atoms. The highest BCUT2D eigenvalue weighted by Gasteiger charge is 2.12. The van der Waals surface area contributed by atoms with Crippen LogP contribution in [0, 0.1) is 0 Å². The molecule has 0 aliphatic rings. The molecule has 0 bridgehead atoms. The van der Waals surface area contributed by atoms with Crippen LogP contribution in [-0.2, 0) is 13.5 Å². The fourth-order valence-corrected chi connectivity index (χ4v) is 2.64. The zero-order valence-electron chi connectivity index (χ0n) is 8.50. The van der Waals surface area contributed by atoms with Crippen LogP contribution in [0.1, 0.15) is 5.69 Å². The maximum atomic E-state index is 9.43. The molecule has 2 aromatic rings. The highest BCUT2D eigenvalue weighted by molar-refractivity contribution is 9.10. The van der Waals surface area contributed by atoms with Crippen molar-refractivity contribution in [1.29, 1.82) is 0 Å². The molecule has 1 aromatic carbocycles. The molecule has 0 atom stereocenters. The normalized spacial score (nSPS) is 11.1. The lowest BCUT2D eigenvalue weighted by molar-refractivity contribution is 0.476. The van der Waals surface area contributed by atoms with E-state index in [1.165, 1.54) is 0 Å². The third kappa shape index (κ3) is 1.64. The molecule has 0 fully saturated rings. The minimum atomic E-state index is 0.285. The van der Waals surface area contributed by atoms with Gasteiger partial charge in [0.15, 0.2) is 0 Å². The first kappa shape index (κ1) is 10.5. The Morgan fingerprint density at radius 2 is 2.20 bits per heavy atom. The van der Waals surface area contributed by atoms with Crippen molar-refractivity contribution >= 4 is 26.8 Å². The number of hydrogen-bond donors (Lipinski definition) is 2. The summed E-state index contributed by atoms with van der Waals surface area (Å²) in [5, 5.41) is 10.5. The van der Waals surface area contributed by atoms with Gasteiger partial charge in [-0.25, -0.2) is 0 Å². The van der Waals surface area contributed by atoms with E-state index in [0.29, 0.717) is 6.54 Å². The minimum absolute atomic E-state index is 0.285. The summed E-state index contributed by atoms with van der Waals surface area (Å²) in [5.41, 5.74) is 7.83. The number of benzene rings is 1. The number of rotatable bonds is 2. The van der Waals surface area contributed by atoms with E-state index in [4.69, 9.17) is 5.73 Å². The molecule has 0 saturated heterocycles. The topological polar surface area (TPSA) is 51.2 Å². The Kier molecular flexibility index (Phi) is 2.71. The molecule has 0 radical (unpaired) electrons. The Hall–Kier alpha value is -1.00. The summed E-state index contributed by atoms with van der Waals surface area (Å²) < 4.78 is 3.13. The quantitative estimate of drug-likeness (QED) is 0.877. The number of aromatic hydroxyl groups is 1. The molecule has 80 valence electrons. The summed E-state index contributed by atoms with van der Waals surface area (Å²) in [6.07, 6.45) is 0.826. The highest BCUT2D eigenvalue weighted by atomic mass is 79.9.